The standard InChI is InChI=1S/C25H25FN4O4/c1-25(2)18(13-20(34-25)23-17-4-3-16(26)12-19(17)28-24(23)33)15-5-6-27-21(11-15)30-9-7-29(8-10-30)14-22(31)32/h3-6,11-13H,7-10,14H2,1-2H3,(H,28,33)(H,31,32)/b23-20+. The largest absolute Gasteiger partial charge is 0.482 e. The molecule has 0 radical (unpaired) electrons. The second kappa shape index (κ2) is 8.25. The van der Waals surface area contributed by atoms with Crippen LogP contribution in [0.4, 0.5) is 15.9 Å². The van der Waals surface area contributed by atoms with Gasteiger partial charge in [0.25, 0.3) is 5.91 Å². The third-order valence-electron chi connectivity index (χ3n) is 6.37. The van der Waals surface area contributed by atoms with Gasteiger partial charge in [-0.05, 0) is 55.8 Å². The van der Waals surface area contributed by atoms with Crippen molar-refractivity contribution < 1.29 is 23.8 Å². The van der Waals surface area contributed by atoms with Gasteiger partial charge in [0.15, 0.2) is 0 Å². The normalized spacial score (nSPS) is 21.7. The van der Waals surface area contributed by atoms with Gasteiger partial charge < -0.3 is 20.1 Å². The molecule has 4 heterocycles. The molecule has 1 saturated heterocycles. The first kappa shape index (κ1) is 22.1. The molecule has 0 saturated carbocycles. The van der Waals surface area contributed by atoms with E-state index in [2.05, 4.69) is 15.2 Å². The number of fused-ring (bicyclic) bond motifs is 1. The highest BCUT2D eigenvalue weighted by molar-refractivity contribution is 6.32. The maximum Gasteiger partial charge on any atom is 0.317 e. The van der Waals surface area contributed by atoms with Crippen LogP contribution in [0.2, 0.25) is 0 Å². The smallest absolute Gasteiger partial charge is 0.317 e. The summed E-state index contributed by atoms with van der Waals surface area (Å²) < 4.78 is 19.8. The van der Waals surface area contributed by atoms with Crippen LogP contribution in [0.5, 0.6) is 0 Å². The number of pyridine rings is 1. The third kappa shape index (κ3) is 4.03. The van der Waals surface area contributed by atoms with Crippen molar-refractivity contribution in [2.75, 3.05) is 42.9 Å². The number of anilines is 2. The molecule has 1 fully saturated rings. The van der Waals surface area contributed by atoms with E-state index >= 15 is 0 Å². The number of carbonyl (C=O) groups excluding carboxylic acids is 1. The quantitative estimate of drug-likeness (QED) is 0.672. The van der Waals surface area contributed by atoms with Gasteiger partial charge >= 0.3 is 5.97 Å². The summed E-state index contributed by atoms with van der Waals surface area (Å²) in [5, 5.41) is 11.7. The number of nitrogens with zero attached hydrogens (tertiary/aromatic N) is 3. The maximum atomic E-state index is 13.6. The van der Waals surface area contributed by atoms with E-state index in [-0.39, 0.29) is 12.5 Å². The van der Waals surface area contributed by atoms with Gasteiger partial charge in [-0.1, -0.05) is 0 Å². The van der Waals surface area contributed by atoms with Gasteiger partial charge in [-0.25, -0.2) is 9.37 Å². The lowest BCUT2D eigenvalue weighted by atomic mass is 9.92. The van der Waals surface area contributed by atoms with E-state index in [0.717, 1.165) is 17.0 Å². The molecule has 176 valence electrons. The topological polar surface area (TPSA) is 95.0 Å². The summed E-state index contributed by atoms with van der Waals surface area (Å²) in [4.78, 5) is 32.2. The first-order valence-electron chi connectivity index (χ1n) is 11.1. The molecular weight excluding hydrogens is 439 g/mol. The monoisotopic (exact) mass is 464 g/mol. The summed E-state index contributed by atoms with van der Waals surface area (Å²) in [5.74, 6) is -0.299. The molecule has 0 spiro atoms. The zero-order chi connectivity index (χ0) is 24.0. The van der Waals surface area contributed by atoms with Crippen LogP contribution in [-0.4, -0.2) is 65.2 Å². The first-order valence-corrected chi connectivity index (χ1v) is 11.1. The Labute approximate surface area is 196 Å². The highest BCUT2D eigenvalue weighted by atomic mass is 19.1. The minimum absolute atomic E-state index is 0.0422. The summed E-state index contributed by atoms with van der Waals surface area (Å²) in [7, 11) is 0. The number of halogens is 1. The van der Waals surface area contributed by atoms with Crippen LogP contribution < -0.4 is 10.2 Å². The average molecular weight is 464 g/mol. The molecule has 3 aliphatic rings. The second-order valence-corrected chi connectivity index (χ2v) is 9.11. The molecule has 0 aliphatic carbocycles. The van der Waals surface area contributed by atoms with Crippen molar-refractivity contribution in [1.29, 1.82) is 0 Å². The molecule has 0 unspecified atom stereocenters. The minimum atomic E-state index is -0.822. The Morgan fingerprint density at radius 2 is 1.97 bits per heavy atom. The number of carbonyl (C=O) groups is 2. The zero-order valence-corrected chi connectivity index (χ0v) is 19.0. The molecule has 0 bridgehead atoms. The molecule has 0 atom stereocenters. The number of aromatic nitrogens is 1. The Balaban J connectivity index is 1.45. The number of allylic oxidation sites excluding steroid dienone is 1. The Morgan fingerprint density at radius 1 is 1.21 bits per heavy atom. The fourth-order valence-electron chi connectivity index (χ4n) is 4.69. The number of carboxylic acids is 1. The number of benzene rings is 1. The summed E-state index contributed by atoms with van der Waals surface area (Å²) in [6, 6.07) is 8.12. The molecule has 3 aliphatic heterocycles. The highest BCUT2D eigenvalue weighted by Gasteiger charge is 2.38. The number of hydrogen-bond donors (Lipinski definition) is 2. The Bertz CT molecular complexity index is 1250. The van der Waals surface area contributed by atoms with Crippen molar-refractivity contribution in [1.82, 2.24) is 9.88 Å². The Kier molecular flexibility index (Phi) is 5.36. The van der Waals surface area contributed by atoms with E-state index in [0.29, 0.717) is 48.8 Å². The number of nitrogens with one attached hydrogen (secondary N) is 1. The fourth-order valence-corrected chi connectivity index (χ4v) is 4.69. The van der Waals surface area contributed by atoms with Crippen molar-refractivity contribution in [2.45, 2.75) is 19.4 Å². The Hall–Kier alpha value is -3.72. The Morgan fingerprint density at radius 3 is 2.71 bits per heavy atom. The number of carboxylic acid groups (broad SMARTS) is 1. The van der Waals surface area contributed by atoms with E-state index in [9.17, 15) is 14.0 Å². The lowest BCUT2D eigenvalue weighted by Gasteiger charge is -2.34. The molecule has 1 amide bonds. The maximum absolute atomic E-state index is 13.6. The number of hydrogen-bond acceptors (Lipinski definition) is 6. The van der Waals surface area contributed by atoms with Crippen molar-refractivity contribution in [3.05, 3.63) is 65.3 Å². The van der Waals surface area contributed by atoms with Crippen LogP contribution in [0.25, 0.3) is 11.1 Å². The van der Waals surface area contributed by atoms with Crippen LogP contribution in [0.15, 0.2) is 48.4 Å². The number of piperazine rings is 1. The van der Waals surface area contributed by atoms with Crippen LogP contribution in [0.1, 0.15) is 25.0 Å². The molecule has 9 heteroatoms. The number of ether oxygens (including phenoxy) is 1. The van der Waals surface area contributed by atoms with Gasteiger partial charge in [0.05, 0.1) is 17.8 Å². The molecule has 2 aromatic rings. The zero-order valence-electron chi connectivity index (χ0n) is 19.0. The van der Waals surface area contributed by atoms with Gasteiger partial charge in [-0.15, -0.1) is 0 Å². The predicted molar refractivity (Wildman–Crippen MR) is 126 cm³/mol. The van der Waals surface area contributed by atoms with E-state index in [1.807, 2.05) is 37.0 Å². The first-order chi connectivity index (χ1) is 16.2. The lowest BCUT2D eigenvalue weighted by Crippen LogP contribution is -2.48. The van der Waals surface area contributed by atoms with Gasteiger partial charge in [0.2, 0.25) is 0 Å². The van der Waals surface area contributed by atoms with E-state index < -0.39 is 17.4 Å². The predicted octanol–water partition coefficient (Wildman–Crippen LogP) is 2.98. The average Bonchev–Trinajstić information content (AvgIpc) is 3.28. The van der Waals surface area contributed by atoms with Gasteiger partial charge in [0, 0.05) is 43.5 Å². The SMILES string of the molecule is CC1(C)O/C(=C2/C(=O)Nc3cc(F)ccc32)C=C1c1ccnc(N2CCN(CC(=O)O)CC2)c1. The van der Waals surface area contributed by atoms with Crippen LogP contribution in [-0.2, 0) is 14.3 Å². The lowest BCUT2D eigenvalue weighted by molar-refractivity contribution is -0.138. The van der Waals surface area contributed by atoms with Crippen molar-refractivity contribution in [3.63, 3.8) is 0 Å². The number of rotatable bonds is 4. The van der Waals surface area contributed by atoms with Crippen LogP contribution in [0.3, 0.4) is 0 Å². The summed E-state index contributed by atoms with van der Waals surface area (Å²) >= 11 is 0. The third-order valence-corrected chi connectivity index (χ3v) is 6.37. The molecule has 2 N–H and O–H groups in total. The van der Waals surface area contributed by atoms with Gasteiger partial charge in [-0.2, -0.15) is 0 Å². The molecule has 34 heavy (non-hydrogen) atoms. The minimum Gasteiger partial charge on any atom is -0.482 e. The van der Waals surface area contributed by atoms with Gasteiger partial charge in [0.1, 0.15) is 23.0 Å². The fraction of sp³-hybridized carbons (Fsp3) is 0.320. The second-order valence-electron chi connectivity index (χ2n) is 9.11. The van der Waals surface area contributed by atoms with Crippen molar-refractivity contribution >= 4 is 34.5 Å². The summed E-state index contributed by atoms with van der Waals surface area (Å²) in [6.07, 6.45) is 3.62. The van der Waals surface area contributed by atoms with E-state index in [1.54, 1.807) is 12.3 Å². The van der Waals surface area contributed by atoms with Crippen LogP contribution in [0, 0.1) is 5.82 Å². The van der Waals surface area contributed by atoms with Crippen LogP contribution >= 0.6 is 0 Å². The highest BCUT2D eigenvalue weighted by Crippen LogP contribution is 2.44. The summed E-state index contributed by atoms with van der Waals surface area (Å²) in [5.41, 5.74) is 2.59. The van der Waals surface area contributed by atoms with E-state index in [1.165, 1.54) is 12.1 Å². The van der Waals surface area contributed by atoms with Crippen molar-refractivity contribution in [2.24, 2.45) is 0 Å². The molecular formula is C25H25FN4O4. The van der Waals surface area contributed by atoms with Crippen molar-refractivity contribution in [3.8, 4) is 0 Å². The molecule has 1 aromatic carbocycles. The number of amides is 1. The molecule has 8 nitrogen and oxygen atoms in total. The molecule has 5 rings (SSSR count). The van der Waals surface area contributed by atoms with Gasteiger partial charge in [-0.3, -0.25) is 14.5 Å². The summed E-state index contributed by atoms with van der Waals surface area (Å²) in [6.45, 7) is 6.60. The van der Waals surface area contributed by atoms with E-state index in [4.69, 9.17) is 9.84 Å². The number of aliphatic carboxylic acids is 1. The molecule has 1 aromatic heterocycles.